The predicted octanol–water partition coefficient (Wildman–Crippen LogP) is 2.99. The average Bonchev–Trinajstić information content (AvgIpc) is 2.46. The van der Waals surface area contributed by atoms with E-state index >= 15 is 0 Å². The first-order valence-corrected chi connectivity index (χ1v) is 7.86. The van der Waals surface area contributed by atoms with Crippen LogP contribution >= 0.6 is 0 Å². The van der Waals surface area contributed by atoms with Crippen molar-refractivity contribution in [3.8, 4) is 11.5 Å². The molecule has 2 aliphatic rings. The molecule has 1 fully saturated rings. The summed E-state index contributed by atoms with van der Waals surface area (Å²) in [6.07, 6.45) is 6.00. The van der Waals surface area contributed by atoms with E-state index in [0.29, 0.717) is 11.8 Å². The molecule has 1 radical (unpaired) electrons. The number of methoxy groups -OCH3 is 1. The van der Waals surface area contributed by atoms with Crippen LogP contribution < -0.4 is 4.74 Å². The number of likely N-dealkylation sites (tertiary alicyclic amines) is 1. The van der Waals surface area contributed by atoms with E-state index < -0.39 is 0 Å². The minimum absolute atomic E-state index is 0. The summed E-state index contributed by atoms with van der Waals surface area (Å²) in [6.45, 7) is 4.73. The van der Waals surface area contributed by atoms with Crippen molar-refractivity contribution < 1.29 is 42.6 Å². The second-order valence-corrected chi connectivity index (χ2v) is 6.17. The summed E-state index contributed by atoms with van der Waals surface area (Å²) in [5, 5.41) is 9.96. The van der Waals surface area contributed by atoms with Crippen molar-refractivity contribution in [1.29, 1.82) is 0 Å². The van der Waals surface area contributed by atoms with Gasteiger partial charge in [0.2, 0.25) is 0 Å². The van der Waals surface area contributed by atoms with Gasteiger partial charge < -0.3 is 9.84 Å². The van der Waals surface area contributed by atoms with E-state index in [0.717, 1.165) is 18.8 Å². The molecule has 1 N–H and O–H groups in total. The molecular weight excluding hydrogens is 339 g/mol. The number of fused-ring (bicyclic) bond motifs is 2. The van der Waals surface area contributed by atoms with Crippen molar-refractivity contribution in [2.24, 2.45) is 5.92 Å². The molecule has 1 aliphatic carbocycles. The van der Waals surface area contributed by atoms with Gasteiger partial charge in [-0.25, -0.2) is 0 Å². The molecule has 1 aliphatic heterocycles. The summed E-state index contributed by atoms with van der Waals surface area (Å²) in [4.78, 5) is 2.68. The van der Waals surface area contributed by atoms with E-state index in [-0.39, 0.29) is 38.5 Å². The van der Waals surface area contributed by atoms with Crippen LogP contribution in [0.2, 0.25) is 0 Å². The molecule has 113 valence electrons. The molecule has 1 saturated heterocycles. The number of rotatable bonds is 3. The maximum absolute atomic E-state index is 9.96. The van der Waals surface area contributed by atoms with E-state index in [1.165, 1.54) is 43.5 Å². The molecule has 1 aromatic carbocycles. The Morgan fingerprint density at radius 1 is 1.33 bits per heavy atom. The largest absolute Gasteiger partial charge is 0.504 e. The molecule has 0 aromatic heterocycles. The second kappa shape index (κ2) is 7.43. The first kappa shape index (κ1) is 17.2. The van der Waals surface area contributed by atoms with Crippen LogP contribution in [0.3, 0.4) is 0 Å². The third-order valence-corrected chi connectivity index (χ3v) is 4.98. The van der Waals surface area contributed by atoms with Crippen LogP contribution in [0.4, 0.5) is 0 Å². The molecule has 0 saturated carbocycles. The van der Waals surface area contributed by atoms with Crippen LogP contribution in [0.25, 0.3) is 0 Å². The van der Waals surface area contributed by atoms with E-state index in [2.05, 4.69) is 17.9 Å². The summed E-state index contributed by atoms with van der Waals surface area (Å²) in [5.74, 6) is 1.71. The molecule has 2 atom stereocenters. The van der Waals surface area contributed by atoms with Crippen LogP contribution in [0.5, 0.6) is 11.5 Å². The SMILES string of the molecule is CCCN1CCC[C@@H]2Cc3c(ccc(O)c3OC)C[C@H]21.[Y]. The predicted molar refractivity (Wildman–Crippen MR) is 80.4 cm³/mol. The number of hydrogen-bond acceptors (Lipinski definition) is 3. The third-order valence-electron chi connectivity index (χ3n) is 4.98. The maximum Gasteiger partial charge on any atom is 0.163 e. The number of hydrogen-bond donors (Lipinski definition) is 1. The van der Waals surface area contributed by atoms with Gasteiger partial charge in [0, 0.05) is 44.3 Å². The Balaban J connectivity index is 0.00000161. The van der Waals surface area contributed by atoms with Crippen molar-refractivity contribution in [3.63, 3.8) is 0 Å². The Labute approximate surface area is 152 Å². The number of phenolic OH excluding ortho intramolecular Hbond substituents is 1. The molecule has 21 heavy (non-hydrogen) atoms. The van der Waals surface area contributed by atoms with Crippen molar-refractivity contribution in [3.05, 3.63) is 23.3 Å². The fourth-order valence-electron chi connectivity index (χ4n) is 4.10. The van der Waals surface area contributed by atoms with Gasteiger partial charge in [0.05, 0.1) is 7.11 Å². The van der Waals surface area contributed by atoms with Crippen molar-refractivity contribution in [1.82, 2.24) is 4.90 Å². The fraction of sp³-hybridized carbons (Fsp3) is 0.647. The van der Waals surface area contributed by atoms with E-state index in [9.17, 15) is 5.11 Å². The van der Waals surface area contributed by atoms with Gasteiger partial charge in [-0.1, -0.05) is 13.0 Å². The molecule has 0 bridgehead atoms. The van der Waals surface area contributed by atoms with Crippen LogP contribution in [-0.2, 0) is 45.6 Å². The molecule has 1 aromatic rings. The molecule has 3 rings (SSSR count). The Morgan fingerprint density at radius 2 is 2.14 bits per heavy atom. The van der Waals surface area contributed by atoms with Crippen molar-refractivity contribution >= 4 is 0 Å². The summed E-state index contributed by atoms with van der Waals surface area (Å²) in [7, 11) is 1.66. The van der Waals surface area contributed by atoms with Gasteiger partial charge in [0.25, 0.3) is 0 Å². The Hall–Kier alpha value is -0.116. The molecule has 3 nitrogen and oxygen atoms in total. The van der Waals surface area contributed by atoms with Gasteiger partial charge in [0.1, 0.15) is 0 Å². The molecule has 0 spiro atoms. The van der Waals surface area contributed by atoms with Crippen LogP contribution in [0, 0.1) is 5.92 Å². The van der Waals surface area contributed by atoms with E-state index in [4.69, 9.17) is 4.74 Å². The second-order valence-electron chi connectivity index (χ2n) is 6.17. The van der Waals surface area contributed by atoms with Crippen LogP contribution in [-0.4, -0.2) is 36.2 Å². The molecule has 0 unspecified atom stereocenters. The quantitative estimate of drug-likeness (QED) is 0.895. The minimum atomic E-state index is 0. The normalized spacial score (nSPS) is 24.7. The van der Waals surface area contributed by atoms with Gasteiger partial charge in [-0.3, -0.25) is 4.90 Å². The zero-order valence-electron chi connectivity index (χ0n) is 13.1. The molecule has 1 heterocycles. The summed E-state index contributed by atoms with van der Waals surface area (Å²) >= 11 is 0. The summed E-state index contributed by atoms with van der Waals surface area (Å²) in [5.41, 5.74) is 2.61. The number of nitrogens with zero attached hydrogens (tertiary/aromatic N) is 1. The van der Waals surface area contributed by atoms with Crippen LogP contribution in [0.1, 0.15) is 37.3 Å². The summed E-state index contributed by atoms with van der Waals surface area (Å²) < 4.78 is 5.43. The number of aromatic hydroxyl groups is 1. The zero-order chi connectivity index (χ0) is 14.1. The Kier molecular flexibility index (Phi) is 6.10. The van der Waals surface area contributed by atoms with Gasteiger partial charge >= 0.3 is 0 Å². The molecular formula is C17H25NO2Y. The summed E-state index contributed by atoms with van der Waals surface area (Å²) in [6, 6.07) is 4.55. The third kappa shape index (κ3) is 3.30. The first-order valence-electron chi connectivity index (χ1n) is 7.86. The van der Waals surface area contributed by atoms with Crippen molar-refractivity contribution in [2.45, 2.75) is 45.1 Å². The van der Waals surface area contributed by atoms with Gasteiger partial charge in [-0.05, 0) is 62.7 Å². The average molecular weight is 364 g/mol. The topological polar surface area (TPSA) is 32.7 Å². The van der Waals surface area contributed by atoms with Crippen LogP contribution in [0.15, 0.2) is 12.1 Å². The van der Waals surface area contributed by atoms with E-state index in [1.54, 1.807) is 13.2 Å². The van der Waals surface area contributed by atoms with Crippen molar-refractivity contribution in [2.75, 3.05) is 20.2 Å². The molecule has 4 heteroatoms. The minimum Gasteiger partial charge on any atom is -0.504 e. The smallest absolute Gasteiger partial charge is 0.163 e. The fourth-order valence-corrected chi connectivity index (χ4v) is 4.10. The molecule has 0 amide bonds. The number of piperidine rings is 1. The van der Waals surface area contributed by atoms with Gasteiger partial charge in [0.15, 0.2) is 11.5 Å². The Morgan fingerprint density at radius 3 is 2.86 bits per heavy atom. The standard InChI is InChI=1S/C17H25NO2.Y/c1-3-8-18-9-4-5-13-10-14-12(11-15(13)18)6-7-16(19)17(14)20-2;/h6-7,13,15,19H,3-5,8-11H2,1-2H3;/t13-,15-;/m1./s1. The van der Waals surface area contributed by atoms with Gasteiger partial charge in [-0.2, -0.15) is 0 Å². The maximum atomic E-state index is 9.96. The first-order chi connectivity index (χ1) is 9.74. The number of ether oxygens (including phenoxy) is 1. The number of phenols is 1. The van der Waals surface area contributed by atoms with Gasteiger partial charge in [-0.15, -0.1) is 0 Å². The number of benzene rings is 1. The monoisotopic (exact) mass is 364 g/mol. The van der Waals surface area contributed by atoms with E-state index in [1.807, 2.05) is 0 Å². The zero-order valence-corrected chi connectivity index (χ0v) is 16.0. The Bertz CT molecular complexity index is 490.